The summed E-state index contributed by atoms with van der Waals surface area (Å²) in [6, 6.07) is 9.78. The first-order valence-electron chi connectivity index (χ1n) is 9.24. The molecule has 0 spiro atoms. The molecule has 0 unspecified atom stereocenters. The van der Waals surface area contributed by atoms with Crippen LogP contribution < -0.4 is 15.8 Å². The molecule has 3 rings (SSSR count). The number of ether oxygens (including phenoxy) is 1. The maximum atomic E-state index is 12.3. The fourth-order valence-corrected chi connectivity index (χ4v) is 2.98. The Morgan fingerprint density at radius 3 is 2.74 bits per heavy atom. The van der Waals surface area contributed by atoms with Gasteiger partial charge in [0.1, 0.15) is 11.3 Å². The second kappa shape index (κ2) is 8.53. The van der Waals surface area contributed by atoms with E-state index in [1.54, 1.807) is 12.3 Å². The number of anilines is 1. The summed E-state index contributed by atoms with van der Waals surface area (Å²) >= 11 is 0. The minimum atomic E-state index is -0.152. The van der Waals surface area contributed by atoms with E-state index >= 15 is 0 Å². The second-order valence-corrected chi connectivity index (χ2v) is 6.22. The lowest BCUT2D eigenvalue weighted by atomic mass is 10.1. The molecule has 0 fully saturated rings. The standard InChI is InChI=1S/C20H25N5O2/c1-3-25-18-17(24-20(25)21)12-15(13-23-18)19(26)22-11-5-6-14-7-9-16(10-8-14)27-4-2/h7-10,12-13H,3-6,11H2,1-2H3,(H2,21,24)(H,22,26). The number of carbonyl (C=O) groups is 1. The lowest BCUT2D eigenvalue weighted by Gasteiger charge is -2.07. The average Bonchev–Trinajstić information content (AvgIpc) is 3.00. The Morgan fingerprint density at radius 1 is 1.26 bits per heavy atom. The summed E-state index contributed by atoms with van der Waals surface area (Å²) in [4.78, 5) is 21.0. The van der Waals surface area contributed by atoms with Gasteiger partial charge in [-0.05, 0) is 50.5 Å². The quantitative estimate of drug-likeness (QED) is 0.597. The number of aryl methyl sites for hydroxylation is 2. The summed E-state index contributed by atoms with van der Waals surface area (Å²) in [5, 5.41) is 2.93. The first-order valence-corrected chi connectivity index (χ1v) is 9.24. The van der Waals surface area contributed by atoms with E-state index in [0.717, 1.165) is 18.6 Å². The second-order valence-electron chi connectivity index (χ2n) is 6.22. The molecule has 0 radical (unpaired) electrons. The van der Waals surface area contributed by atoms with Gasteiger partial charge in [0.15, 0.2) is 5.65 Å². The van der Waals surface area contributed by atoms with E-state index in [1.165, 1.54) is 5.56 Å². The van der Waals surface area contributed by atoms with Crippen molar-refractivity contribution in [3.63, 3.8) is 0 Å². The van der Waals surface area contributed by atoms with Crippen LogP contribution in [0.15, 0.2) is 36.5 Å². The van der Waals surface area contributed by atoms with Gasteiger partial charge in [-0.3, -0.25) is 9.36 Å². The van der Waals surface area contributed by atoms with Crippen molar-refractivity contribution in [1.82, 2.24) is 19.9 Å². The number of imidazole rings is 1. The summed E-state index contributed by atoms with van der Waals surface area (Å²) in [7, 11) is 0. The van der Waals surface area contributed by atoms with Gasteiger partial charge in [-0.2, -0.15) is 0 Å². The third kappa shape index (κ3) is 4.36. The summed E-state index contributed by atoms with van der Waals surface area (Å²) in [6.07, 6.45) is 3.31. The van der Waals surface area contributed by atoms with Crippen LogP contribution >= 0.6 is 0 Å². The van der Waals surface area contributed by atoms with Gasteiger partial charge in [0.05, 0.1) is 12.2 Å². The number of nitrogens with one attached hydrogen (secondary N) is 1. The molecular weight excluding hydrogens is 342 g/mol. The number of rotatable bonds is 8. The molecule has 0 bridgehead atoms. The SMILES string of the molecule is CCOc1ccc(CCCNC(=O)c2cnc3c(c2)nc(N)n3CC)cc1. The third-order valence-corrected chi connectivity index (χ3v) is 4.36. The molecule has 0 aliphatic heterocycles. The molecule has 0 saturated heterocycles. The van der Waals surface area contributed by atoms with E-state index in [4.69, 9.17) is 10.5 Å². The van der Waals surface area contributed by atoms with Gasteiger partial charge >= 0.3 is 0 Å². The Balaban J connectivity index is 1.52. The van der Waals surface area contributed by atoms with Crippen molar-refractivity contribution in [3.8, 4) is 5.75 Å². The van der Waals surface area contributed by atoms with E-state index in [1.807, 2.05) is 30.5 Å². The normalized spacial score (nSPS) is 10.9. The summed E-state index contributed by atoms with van der Waals surface area (Å²) in [5.41, 5.74) is 8.91. The van der Waals surface area contributed by atoms with Gasteiger partial charge < -0.3 is 15.8 Å². The molecule has 7 heteroatoms. The zero-order valence-corrected chi connectivity index (χ0v) is 15.7. The predicted octanol–water partition coefficient (Wildman–Crippen LogP) is 2.79. The van der Waals surface area contributed by atoms with Gasteiger partial charge in [-0.1, -0.05) is 12.1 Å². The Bertz CT molecular complexity index is 918. The monoisotopic (exact) mass is 367 g/mol. The van der Waals surface area contributed by atoms with Crippen LogP contribution in [0.5, 0.6) is 5.75 Å². The number of nitrogens with zero attached hydrogens (tertiary/aromatic N) is 3. The molecule has 2 heterocycles. The van der Waals surface area contributed by atoms with Crippen LogP contribution in [-0.2, 0) is 13.0 Å². The van der Waals surface area contributed by atoms with Crippen molar-refractivity contribution >= 4 is 23.0 Å². The number of hydrogen-bond acceptors (Lipinski definition) is 5. The first-order chi connectivity index (χ1) is 13.1. The topological polar surface area (TPSA) is 95.1 Å². The van der Waals surface area contributed by atoms with E-state index in [9.17, 15) is 4.79 Å². The molecule has 0 aliphatic rings. The Hall–Kier alpha value is -3.09. The van der Waals surface area contributed by atoms with E-state index < -0.39 is 0 Å². The van der Waals surface area contributed by atoms with Crippen LogP contribution in [0, 0.1) is 0 Å². The largest absolute Gasteiger partial charge is 0.494 e. The van der Waals surface area contributed by atoms with Crippen LogP contribution in [0.3, 0.4) is 0 Å². The summed E-state index contributed by atoms with van der Waals surface area (Å²) < 4.78 is 7.25. The minimum Gasteiger partial charge on any atom is -0.494 e. The minimum absolute atomic E-state index is 0.152. The number of aromatic nitrogens is 3. The van der Waals surface area contributed by atoms with Gasteiger partial charge in [0.25, 0.3) is 5.91 Å². The lowest BCUT2D eigenvalue weighted by molar-refractivity contribution is 0.0953. The maximum Gasteiger partial charge on any atom is 0.252 e. The number of amides is 1. The van der Waals surface area contributed by atoms with E-state index in [0.29, 0.717) is 42.4 Å². The average molecular weight is 367 g/mol. The van der Waals surface area contributed by atoms with E-state index in [2.05, 4.69) is 27.4 Å². The van der Waals surface area contributed by atoms with Crippen molar-refractivity contribution in [2.75, 3.05) is 18.9 Å². The Labute approximate surface area is 158 Å². The molecule has 7 nitrogen and oxygen atoms in total. The number of fused-ring (bicyclic) bond motifs is 1. The number of nitrogen functional groups attached to an aromatic ring is 1. The van der Waals surface area contributed by atoms with Crippen molar-refractivity contribution in [1.29, 1.82) is 0 Å². The molecule has 27 heavy (non-hydrogen) atoms. The van der Waals surface area contributed by atoms with Crippen molar-refractivity contribution in [2.24, 2.45) is 0 Å². The zero-order chi connectivity index (χ0) is 19.2. The number of hydrogen-bond donors (Lipinski definition) is 2. The number of carbonyl (C=O) groups excluding carboxylic acids is 1. The summed E-state index contributed by atoms with van der Waals surface area (Å²) in [6.45, 7) is 5.89. The van der Waals surface area contributed by atoms with Crippen molar-refractivity contribution < 1.29 is 9.53 Å². The predicted molar refractivity (Wildman–Crippen MR) is 106 cm³/mol. The van der Waals surface area contributed by atoms with Crippen molar-refractivity contribution in [2.45, 2.75) is 33.2 Å². The van der Waals surface area contributed by atoms with Gasteiger partial charge in [0.2, 0.25) is 5.95 Å². The number of pyridine rings is 1. The van der Waals surface area contributed by atoms with Gasteiger partial charge in [0, 0.05) is 19.3 Å². The van der Waals surface area contributed by atoms with Crippen LogP contribution in [0.25, 0.3) is 11.2 Å². The summed E-state index contributed by atoms with van der Waals surface area (Å²) in [5.74, 6) is 1.14. The number of benzene rings is 1. The molecule has 0 saturated carbocycles. The molecule has 1 amide bonds. The highest BCUT2D eigenvalue weighted by Gasteiger charge is 2.12. The zero-order valence-electron chi connectivity index (χ0n) is 15.7. The van der Waals surface area contributed by atoms with Crippen molar-refractivity contribution in [3.05, 3.63) is 47.7 Å². The fraction of sp³-hybridized carbons (Fsp3) is 0.350. The molecule has 3 N–H and O–H groups in total. The van der Waals surface area contributed by atoms with Crippen LogP contribution in [0.4, 0.5) is 5.95 Å². The third-order valence-electron chi connectivity index (χ3n) is 4.36. The first kappa shape index (κ1) is 18.7. The fourth-order valence-electron chi connectivity index (χ4n) is 2.98. The van der Waals surface area contributed by atoms with E-state index in [-0.39, 0.29) is 5.91 Å². The molecule has 142 valence electrons. The van der Waals surface area contributed by atoms with Crippen LogP contribution in [-0.4, -0.2) is 33.6 Å². The lowest BCUT2D eigenvalue weighted by Crippen LogP contribution is -2.24. The molecule has 3 aromatic rings. The Kier molecular flexibility index (Phi) is 5.90. The highest BCUT2D eigenvalue weighted by atomic mass is 16.5. The molecular formula is C20H25N5O2. The molecule has 1 aromatic carbocycles. The molecule has 2 aromatic heterocycles. The molecule has 0 atom stereocenters. The number of nitrogens with two attached hydrogens (primary N) is 1. The highest BCUT2D eigenvalue weighted by Crippen LogP contribution is 2.17. The van der Waals surface area contributed by atoms with Crippen LogP contribution in [0.1, 0.15) is 36.2 Å². The van der Waals surface area contributed by atoms with Gasteiger partial charge in [-0.25, -0.2) is 9.97 Å². The van der Waals surface area contributed by atoms with Gasteiger partial charge in [-0.15, -0.1) is 0 Å². The van der Waals surface area contributed by atoms with Crippen LogP contribution in [0.2, 0.25) is 0 Å². The smallest absolute Gasteiger partial charge is 0.252 e. The highest BCUT2D eigenvalue weighted by molar-refractivity contribution is 5.96. The maximum absolute atomic E-state index is 12.3. The Morgan fingerprint density at radius 2 is 2.04 bits per heavy atom. The molecule has 0 aliphatic carbocycles.